The maximum atomic E-state index is 13.5. The van der Waals surface area contributed by atoms with Gasteiger partial charge in [0, 0.05) is 97.1 Å². The Morgan fingerprint density at radius 1 is 0.418 bits per heavy atom. The zero-order valence-electron chi connectivity index (χ0n) is 43.1. The third kappa shape index (κ3) is 14.5. The van der Waals surface area contributed by atoms with E-state index in [0.717, 1.165) is 63.0 Å². The molecular weight excluding hydrogens is 1090 g/mol. The van der Waals surface area contributed by atoms with E-state index in [1.807, 2.05) is 14.7 Å². The Kier molecular flexibility index (Phi) is 19.0. The van der Waals surface area contributed by atoms with Gasteiger partial charge in [0.05, 0.1) is 70.3 Å². The molecule has 0 bridgehead atoms. The number of likely N-dealkylation sites (tertiary alicyclic amines) is 2. The molecule has 18 nitrogen and oxygen atoms in total. The van der Waals surface area contributed by atoms with E-state index in [2.05, 4.69) is 36.1 Å². The number of carbonyl (C=O) groups excluding carboxylic acids is 4. The Labute approximate surface area is 477 Å². The molecule has 6 heterocycles. The van der Waals surface area contributed by atoms with Crippen LogP contribution < -0.4 is 31.1 Å². The number of aromatic nitrogens is 2. The van der Waals surface area contributed by atoms with E-state index in [9.17, 15) is 19.2 Å². The fraction of sp³-hybridized carbons (Fsp3) is 0.298. The Morgan fingerprint density at radius 3 is 1.13 bits per heavy atom. The van der Waals surface area contributed by atoms with Crippen molar-refractivity contribution in [3.63, 3.8) is 0 Å². The van der Waals surface area contributed by atoms with Crippen molar-refractivity contribution in [1.82, 2.24) is 19.8 Å². The van der Waals surface area contributed by atoms with Crippen molar-refractivity contribution in [2.75, 3.05) is 110 Å². The molecule has 0 radical (unpaired) electrons. The number of benzene rings is 4. The van der Waals surface area contributed by atoms with Crippen molar-refractivity contribution < 1.29 is 28.7 Å². The molecular formula is C57H58Cl4N12O6. The van der Waals surface area contributed by atoms with Crippen molar-refractivity contribution in [2.45, 2.75) is 32.1 Å². The summed E-state index contributed by atoms with van der Waals surface area (Å²) in [4.78, 5) is 70.2. The summed E-state index contributed by atoms with van der Waals surface area (Å²) in [5, 5.41) is 30.1. The van der Waals surface area contributed by atoms with Crippen LogP contribution in [-0.2, 0) is 9.47 Å². The van der Waals surface area contributed by atoms with Crippen LogP contribution in [0.4, 0.5) is 34.4 Å². The second-order valence-electron chi connectivity index (χ2n) is 19.0. The molecule has 0 atom stereocenters. The van der Waals surface area contributed by atoms with Gasteiger partial charge in [-0.15, -0.1) is 0 Å². The minimum Gasteiger partial charge on any atom is -0.378 e. The highest BCUT2D eigenvalue weighted by Gasteiger charge is 2.27. The maximum Gasteiger partial charge on any atom is 0.259 e. The predicted octanol–water partition coefficient (Wildman–Crippen LogP) is 10.7. The Bertz CT molecular complexity index is 3180. The average molecular weight is 1150 g/mol. The molecule has 10 rings (SSSR count). The lowest BCUT2D eigenvalue weighted by atomic mass is 10.1. The number of hydrogen-bond donors (Lipinski definition) is 6. The molecule has 4 saturated heterocycles. The van der Waals surface area contributed by atoms with E-state index in [-0.39, 0.29) is 22.9 Å². The van der Waals surface area contributed by atoms with Gasteiger partial charge in [0.15, 0.2) is 0 Å². The third-order valence-electron chi connectivity index (χ3n) is 13.7. The topological polar surface area (TPSA) is 221 Å². The molecule has 4 fully saturated rings. The summed E-state index contributed by atoms with van der Waals surface area (Å²) in [7, 11) is 0. The summed E-state index contributed by atoms with van der Waals surface area (Å²) in [6, 6.07) is 26.9. The molecule has 0 spiro atoms. The number of nitrogens with one attached hydrogen (secondary N) is 6. The molecule has 22 heteroatoms. The second kappa shape index (κ2) is 26.6. The number of morpholine rings is 2. The van der Waals surface area contributed by atoms with Gasteiger partial charge in [0.2, 0.25) is 0 Å². The van der Waals surface area contributed by atoms with Gasteiger partial charge in [-0.1, -0.05) is 70.7 Å². The normalized spacial score (nSPS) is 15.3. The van der Waals surface area contributed by atoms with Crippen molar-refractivity contribution >= 4 is 116 Å². The lowest BCUT2D eigenvalue weighted by Gasteiger charge is -2.31. The van der Waals surface area contributed by atoms with Crippen LogP contribution in [-0.4, -0.2) is 134 Å². The summed E-state index contributed by atoms with van der Waals surface area (Å²) in [5.74, 6) is -0.178. The molecule has 0 saturated carbocycles. The molecule has 79 heavy (non-hydrogen) atoms. The molecule has 6 N–H and O–H groups in total. The van der Waals surface area contributed by atoms with Crippen molar-refractivity contribution in [2.24, 2.45) is 0 Å². The SMILES string of the molecule is N=C(c1ccc(C(=O)Nc2c(C(=O)Nc3ccc(Cl)cn3)cc(Cl)cc2N2CCOCC2)cc1)N1CCCC1.N=C(c1ccc(C(=O)Nc2c(C(=O)Nc3ccc(Cl)cn3)cc(Cl)cc2N2CCOCC2)cc1)N1CCCCC1. The summed E-state index contributed by atoms with van der Waals surface area (Å²) >= 11 is 24.8. The molecule has 4 aromatic carbocycles. The zero-order chi connectivity index (χ0) is 55.4. The highest BCUT2D eigenvalue weighted by Crippen LogP contribution is 2.37. The van der Waals surface area contributed by atoms with Gasteiger partial charge < -0.3 is 50.3 Å². The van der Waals surface area contributed by atoms with Gasteiger partial charge in [0.25, 0.3) is 23.6 Å². The number of ether oxygens (including phenoxy) is 2. The van der Waals surface area contributed by atoms with E-state index in [1.165, 1.54) is 30.9 Å². The number of halogens is 4. The van der Waals surface area contributed by atoms with Crippen molar-refractivity contribution in [3.8, 4) is 0 Å². The minimum atomic E-state index is -0.480. The van der Waals surface area contributed by atoms with Crippen LogP contribution in [0.2, 0.25) is 20.1 Å². The van der Waals surface area contributed by atoms with Crippen LogP contribution in [0.15, 0.2) is 109 Å². The largest absolute Gasteiger partial charge is 0.378 e. The first-order valence-electron chi connectivity index (χ1n) is 26.0. The number of rotatable bonds is 12. The van der Waals surface area contributed by atoms with Gasteiger partial charge in [0.1, 0.15) is 23.3 Å². The van der Waals surface area contributed by atoms with Crippen LogP contribution in [0.25, 0.3) is 0 Å². The minimum absolute atomic E-state index is 0.196. The van der Waals surface area contributed by atoms with Crippen molar-refractivity contribution in [1.29, 1.82) is 10.8 Å². The average Bonchev–Trinajstić information content (AvgIpc) is 4.04. The quantitative estimate of drug-likeness (QED) is 0.0498. The third-order valence-corrected chi connectivity index (χ3v) is 14.6. The maximum absolute atomic E-state index is 13.5. The van der Waals surface area contributed by atoms with Crippen LogP contribution in [0.3, 0.4) is 0 Å². The van der Waals surface area contributed by atoms with E-state index < -0.39 is 11.8 Å². The predicted molar refractivity (Wildman–Crippen MR) is 312 cm³/mol. The van der Waals surface area contributed by atoms with Crippen molar-refractivity contribution in [3.05, 3.63) is 163 Å². The smallest absolute Gasteiger partial charge is 0.259 e. The van der Waals surface area contributed by atoms with E-state index in [0.29, 0.717) is 130 Å². The fourth-order valence-electron chi connectivity index (χ4n) is 9.53. The van der Waals surface area contributed by atoms with Crippen LogP contribution in [0.5, 0.6) is 0 Å². The summed E-state index contributed by atoms with van der Waals surface area (Å²) in [5.41, 5.74) is 4.65. The molecule has 410 valence electrons. The first-order valence-corrected chi connectivity index (χ1v) is 27.5. The number of nitrogens with zero attached hydrogens (tertiary/aromatic N) is 6. The molecule has 4 amide bonds. The second-order valence-corrected chi connectivity index (χ2v) is 20.8. The number of amidine groups is 2. The molecule has 0 aliphatic carbocycles. The van der Waals surface area contributed by atoms with Gasteiger partial charge in [-0.25, -0.2) is 9.97 Å². The fourth-order valence-corrected chi connectivity index (χ4v) is 10.2. The Balaban J connectivity index is 0.000000192. The van der Waals surface area contributed by atoms with E-state index in [4.69, 9.17) is 66.7 Å². The molecule has 4 aliphatic rings. The highest BCUT2D eigenvalue weighted by molar-refractivity contribution is 6.33. The summed E-state index contributed by atoms with van der Waals surface area (Å²) < 4.78 is 11.0. The van der Waals surface area contributed by atoms with Gasteiger partial charge >= 0.3 is 0 Å². The van der Waals surface area contributed by atoms with E-state index >= 15 is 0 Å². The summed E-state index contributed by atoms with van der Waals surface area (Å²) in [6.45, 7) is 7.87. The number of hydrogen-bond acceptors (Lipinski definition) is 12. The van der Waals surface area contributed by atoms with Gasteiger partial charge in [-0.3, -0.25) is 30.0 Å². The number of carbonyl (C=O) groups is 4. The highest BCUT2D eigenvalue weighted by atomic mass is 35.5. The Hall–Kier alpha value is -7.32. The first-order chi connectivity index (χ1) is 38.3. The first kappa shape index (κ1) is 56.4. The molecule has 6 aromatic rings. The molecule has 4 aliphatic heterocycles. The molecule has 2 aromatic heterocycles. The zero-order valence-corrected chi connectivity index (χ0v) is 46.1. The number of anilines is 6. The number of amides is 4. The Morgan fingerprint density at radius 2 is 0.772 bits per heavy atom. The lowest BCUT2D eigenvalue weighted by Crippen LogP contribution is -2.37. The van der Waals surface area contributed by atoms with Gasteiger partial charge in [-0.2, -0.15) is 0 Å². The molecule has 0 unspecified atom stereocenters. The van der Waals surface area contributed by atoms with Gasteiger partial charge in [-0.05, 0) is 105 Å². The van der Waals surface area contributed by atoms with Crippen LogP contribution in [0.1, 0.15) is 84.7 Å². The van der Waals surface area contributed by atoms with Crippen LogP contribution in [0, 0.1) is 10.8 Å². The summed E-state index contributed by atoms with van der Waals surface area (Å²) in [6.07, 6.45) is 8.39. The van der Waals surface area contributed by atoms with Crippen LogP contribution >= 0.6 is 46.4 Å². The number of piperidine rings is 1. The van der Waals surface area contributed by atoms with E-state index in [1.54, 1.807) is 84.9 Å². The monoisotopic (exact) mass is 1150 g/mol. The lowest BCUT2D eigenvalue weighted by molar-refractivity contribution is 0.101. The number of pyridine rings is 2. The standard InChI is InChI=1S/C29H30Cl2N6O3.C28H28Cl2N6O3/c30-21-8-9-25(33-18-21)34-29(39)23-16-22(31)17-24(36-12-14-40-15-13-36)26(23)35-28(38)20-6-4-19(5-7-20)27(32)37-10-2-1-3-11-37;29-20-7-8-24(32-17-20)33-28(38)22-15-21(30)16-23(35-11-13-39-14-12-35)25(22)34-27(37)19-5-3-18(4-6-19)26(31)36-9-1-2-10-36/h4-9,16-18,32H,1-3,10-15H2,(H,35,38)(H,33,34,39);3-8,15-17,31H,1-2,9-14H2,(H,34,37)(H,32,33,38).